The van der Waals surface area contributed by atoms with E-state index in [9.17, 15) is 4.79 Å². The normalized spacial score (nSPS) is 22.1. The summed E-state index contributed by atoms with van der Waals surface area (Å²) in [6, 6.07) is 0.0522. The van der Waals surface area contributed by atoms with Crippen LogP contribution in [0.5, 0.6) is 0 Å². The molecule has 3 N–H and O–H groups in total. The first-order valence-corrected chi connectivity index (χ1v) is 6.83. The van der Waals surface area contributed by atoms with Crippen molar-refractivity contribution in [1.29, 1.82) is 0 Å². The largest absolute Gasteiger partial charge is 0.353 e. The Bertz CT molecular complexity index is 239. The molecule has 100 valence electrons. The Morgan fingerprint density at radius 3 is 2.47 bits per heavy atom. The SMILES string of the molecule is CCC(C)[C@H](N)C(=O)NCC(C)N1CCCC1. The van der Waals surface area contributed by atoms with Gasteiger partial charge in [0.15, 0.2) is 0 Å². The van der Waals surface area contributed by atoms with E-state index in [1.54, 1.807) is 0 Å². The third kappa shape index (κ3) is 4.28. The minimum atomic E-state index is -0.370. The lowest BCUT2D eigenvalue weighted by atomic mass is 9.99. The van der Waals surface area contributed by atoms with Crippen molar-refractivity contribution in [2.75, 3.05) is 19.6 Å². The molecule has 0 aliphatic carbocycles. The monoisotopic (exact) mass is 241 g/mol. The number of nitrogens with two attached hydrogens (primary N) is 1. The van der Waals surface area contributed by atoms with Crippen LogP contribution in [0.4, 0.5) is 0 Å². The maximum absolute atomic E-state index is 11.8. The summed E-state index contributed by atoms with van der Waals surface area (Å²) < 4.78 is 0. The van der Waals surface area contributed by atoms with Gasteiger partial charge >= 0.3 is 0 Å². The highest BCUT2D eigenvalue weighted by Crippen LogP contribution is 2.11. The first kappa shape index (κ1) is 14.5. The van der Waals surface area contributed by atoms with E-state index < -0.39 is 0 Å². The fraction of sp³-hybridized carbons (Fsp3) is 0.923. The van der Waals surface area contributed by atoms with Gasteiger partial charge in [0.05, 0.1) is 6.04 Å². The van der Waals surface area contributed by atoms with Crippen molar-refractivity contribution in [1.82, 2.24) is 10.2 Å². The van der Waals surface area contributed by atoms with Crippen LogP contribution >= 0.6 is 0 Å². The molecule has 17 heavy (non-hydrogen) atoms. The molecule has 0 saturated carbocycles. The predicted octanol–water partition coefficient (Wildman–Crippen LogP) is 0.960. The Labute approximate surface area is 105 Å². The van der Waals surface area contributed by atoms with Gasteiger partial charge in [-0.3, -0.25) is 9.69 Å². The van der Waals surface area contributed by atoms with Crippen LogP contribution < -0.4 is 11.1 Å². The minimum Gasteiger partial charge on any atom is -0.353 e. The van der Waals surface area contributed by atoms with E-state index in [1.165, 1.54) is 12.8 Å². The molecule has 0 aromatic heterocycles. The number of amides is 1. The van der Waals surface area contributed by atoms with Gasteiger partial charge in [0.25, 0.3) is 0 Å². The topological polar surface area (TPSA) is 58.4 Å². The molecule has 1 fully saturated rings. The highest BCUT2D eigenvalue weighted by atomic mass is 16.2. The van der Waals surface area contributed by atoms with Gasteiger partial charge in [-0.25, -0.2) is 0 Å². The van der Waals surface area contributed by atoms with Crippen molar-refractivity contribution in [3.05, 3.63) is 0 Å². The molecule has 0 aromatic rings. The van der Waals surface area contributed by atoms with Gasteiger partial charge in [-0.2, -0.15) is 0 Å². The van der Waals surface area contributed by atoms with Gasteiger partial charge in [0.2, 0.25) is 5.91 Å². The van der Waals surface area contributed by atoms with Gasteiger partial charge in [0.1, 0.15) is 0 Å². The molecule has 2 unspecified atom stereocenters. The van der Waals surface area contributed by atoms with Crippen molar-refractivity contribution in [3.8, 4) is 0 Å². The number of hydrogen-bond acceptors (Lipinski definition) is 3. The van der Waals surface area contributed by atoms with Crippen molar-refractivity contribution >= 4 is 5.91 Å². The van der Waals surface area contributed by atoms with Crippen LogP contribution in [-0.2, 0) is 4.79 Å². The summed E-state index contributed by atoms with van der Waals surface area (Å²) in [5, 5.41) is 2.97. The third-order valence-electron chi connectivity index (χ3n) is 3.90. The molecular weight excluding hydrogens is 214 g/mol. The highest BCUT2D eigenvalue weighted by molar-refractivity contribution is 5.81. The van der Waals surface area contributed by atoms with Gasteiger partial charge in [0, 0.05) is 12.6 Å². The molecule has 0 spiro atoms. The van der Waals surface area contributed by atoms with E-state index in [-0.39, 0.29) is 17.9 Å². The van der Waals surface area contributed by atoms with E-state index >= 15 is 0 Å². The zero-order valence-electron chi connectivity index (χ0n) is 11.4. The number of likely N-dealkylation sites (tertiary alicyclic amines) is 1. The Hall–Kier alpha value is -0.610. The fourth-order valence-corrected chi connectivity index (χ4v) is 2.19. The second-order valence-corrected chi connectivity index (χ2v) is 5.25. The minimum absolute atomic E-state index is 0.00889. The average Bonchev–Trinajstić information content (AvgIpc) is 2.87. The number of carbonyl (C=O) groups excluding carboxylic acids is 1. The number of carbonyl (C=O) groups is 1. The summed E-state index contributed by atoms with van der Waals surface area (Å²) in [4.78, 5) is 14.2. The van der Waals surface area contributed by atoms with E-state index in [1.807, 2.05) is 6.92 Å². The summed E-state index contributed by atoms with van der Waals surface area (Å²) in [7, 11) is 0. The van der Waals surface area contributed by atoms with E-state index in [4.69, 9.17) is 5.73 Å². The number of rotatable bonds is 6. The summed E-state index contributed by atoms with van der Waals surface area (Å²) in [6.45, 7) is 9.28. The van der Waals surface area contributed by atoms with E-state index in [2.05, 4.69) is 24.1 Å². The standard InChI is InChI=1S/C13H27N3O/c1-4-10(2)12(14)13(17)15-9-11(3)16-7-5-6-8-16/h10-12H,4-9,14H2,1-3H3,(H,15,17)/t10?,11?,12-/m0/s1. The Kier molecular flexibility index (Phi) is 5.92. The molecule has 3 atom stereocenters. The van der Waals surface area contributed by atoms with Crippen LogP contribution in [0.1, 0.15) is 40.0 Å². The maximum atomic E-state index is 11.8. The van der Waals surface area contributed by atoms with Gasteiger partial charge in [-0.1, -0.05) is 20.3 Å². The number of hydrogen-bond donors (Lipinski definition) is 2. The van der Waals surface area contributed by atoms with Crippen molar-refractivity contribution in [3.63, 3.8) is 0 Å². The molecule has 4 heteroatoms. The lowest BCUT2D eigenvalue weighted by Crippen LogP contribution is -2.48. The highest BCUT2D eigenvalue weighted by Gasteiger charge is 2.22. The summed E-state index contributed by atoms with van der Waals surface area (Å²) in [6.07, 6.45) is 3.51. The quantitative estimate of drug-likeness (QED) is 0.728. The molecule has 4 nitrogen and oxygen atoms in total. The lowest BCUT2D eigenvalue weighted by molar-refractivity contribution is -0.123. The lowest BCUT2D eigenvalue weighted by Gasteiger charge is -2.25. The van der Waals surface area contributed by atoms with Crippen LogP contribution in [-0.4, -0.2) is 42.5 Å². The maximum Gasteiger partial charge on any atom is 0.237 e. The second-order valence-electron chi connectivity index (χ2n) is 5.25. The molecule has 1 aliphatic heterocycles. The summed E-state index contributed by atoms with van der Waals surface area (Å²) in [5.74, 6) is 0.238. The molecule has 0 bridgehead atoms. The first-order chi connectivity index (χ1) is 8.06. The molecule has 1 aliphatic rings. The molecule has 0 aromatic carbocycles. The number of nitrogens with one attached hydrogen (secondary N) is 1. The molecule has 1 saturated heterocycles. The number of nitrogens with zero attached hydrogens (tertiary/aromatic N) is 1. The van der Waals surface area contributed by atoms with Crippen molar-refractivity contribution < 1.29 is 4.79 Å². The van der Waals surface area contributed by atoms with Crippen LogP contribution in [0.25, 0.3) is 0 Å². The second kappa shape index (κ2) is 6.97. The van der Waals surface area contributed by atoms with E-state index in [0.717, 1.165) is 19.5 Å². The summed E-state index contributed by atoms with van der Waals surface area (Å²) >= 11 is 0. The summed E-state index contributed by atoms with van der Waals surface area (Å²) in [5.41, 5.74) is 5.89. The smallest absolute Gasteiger partial charge is 0.237 e. The first-order valence-electron chi connectivity index (χ1n) is 6.83. The third-order valence-corrected chi connectivity index (χ3v) is 3.90. The Morgan fingerprint density at radius 1 is 1.35 bits per heavy atom. The van der Waals surface area contributed by atoms with Gasteiger partial charge in [-0.05, 0) is 38.8 Å². The Balaban J connectivity index is 2.27. The van der Waals surface area contributed by atoms with Crippen molar-refractivity contribution in [2.24, 2.45) is 11.7 Å². The molecule has 0 radical (unpaired) electrons. The van der Waals surface area contributed by atoms with Crippen LogP contribution in [0, 0.1) is 5.92 Å². The molecule has 1 amide bonds. The molecular formula is C13H27N3O. The van der Waals surface area contributed by atoms with E-state index in [0.29, 0.717) is 12.6 Å². The van der Waals surface area contributed by atoms with Crippen LogP contribution in [0.2, 0.25) is 0 Å². The zero-order chi connectivity index (χ0) is 12.8. The molecule has 1 heterocycles. The molecule has 1 rings (SSSR count). The zero-order valence-corrected chi connectivity index (χ0v) is 11.4. The van der Waals surface area contributed by atoms with Gasteiger partial charge < -0.3 is 11.1 Å². The van der Waals surface area contributed by atoms with Gasteiger partial charge in [-0.15, -0.1) is 0 Å². The van der Waals surface area contributed by atoms with Crippen LogP contribution in [0.15, 0.2) is 0 Å². The van der Waals surface area contributed by atoms with Crippen molar-refractivity contribution in [2.45, 2.75) is 52.1 Å². The average molecular weight is 241 g/mol. The fourth-order valence-electron chi connectivity index (χ4n) is 2.19. The van der Waals surface area contributed by atoms with Crippen LogP contribution in [0.3, 0.4) is 0 Å². The predicted molar refractivity (Wildman–Crippen MR) is 70.7 cm³/mol. The Morgan fingerprint density at radius 2 is 1.94 bits per heavy atom.